The number of methoxy groups -OCH3 is 2. The summed E-state index contributed by atoms with van der Waals surface area (Å²) in [7, 11) is 3.26. The summed E-state index contributed by atoms with van der Waals surface area (Å²) in [5.74, 6) is 1.58. The fourth-order valence-electron chi connectivity index (χ4n) is 2.52. The van der Waals surface area contributed by atoms with Crippen LogP contribution in [0.15, 0.2) is 48.5 Å². The molecule has 0 aromatic heterocycles. The highest BCUT2D eigenvalue weighted by Gasteiger charge is 2.35. The third kappa shape index (κ3) is 2.88. The van der Waals surface area contributed by atoms with Crippen LogP contribution in [-0.2, 0) is 5.60 Å². The van der Waals surface area contributed by atoms with E-state index in [2.05, 4.69) is 0 Å². The minimum absolute atomic E-state index is 0.0271. The average Bonchev–Trinajstić information content (AvgIpc) is 2.54. The van der Waals surface area contributed by atoms with Gasteiger partial charge in [-0.3, -0.25) is 0 Å². The zero-order chi connectivity index (χ0) is 15.5. The van der Waals surface area contributed by atoms with Crippen LogP contribution in [0.2, 0.25) is 0 Å². The first-order valence-corrected chi connectivity index (χ1v) is 7.03. The van der Waals surface area contributed by atoms with Crippen LogP contribution in [0.1, 0.15) is 25.0 Å². The number of hydrogen-bond donors (Lipinski definition) is 1. The second-order valence-electron chi connectivity index (χ2n) is 5.38. The molecule has 2 aromatic carbocycles. The Morgan fingerprint density at radius 3 is 1.33 bits per heavy atom. The van der Waals surface area contributed by atoms with Gasteiger partial charge in [0.05, 0.1) is 14.2 Å². The number of hydrogen-bond acceptors (Lipinski definition) is 3. The lowest BCUT2D eigenvalue weighted by Crippen LogP contribution is -2.33. The summed E-state index contributed by atoms with van der Waals surface area (Å²) >= 11 is 0. The maximum Gasteiger partial charge on any atom is 0.118 e. The predicted octanol–water partition coefficient (Wildman–Crippen LogP) is 3.60. The Kier molecular flexibility index (Phi) is 4.53. The first-order chi connectivity index (χ1) is 10.0. The molecular weight excluding hydrogens is 264 g/mol. The van der Waals surface area contributed by atoms with Crippen molar-refractivity contribution in [2.24, 2.45) is 5.92 Å². The lowest BCUT2D eigenvalue weighted by atomic mass is 9.78. The van der Waals surface area contributed by atoms with Crippen LogP contribution in [0.4, 0.5) is 0 Å². The summed E-state index contributed by atoms with van der Waals surface area (Å²) in [6, 6.07) is 15.1. The van der Waals surface area contributed by atoms with Crippen LogP contribution in [0.5, 0.6) is 11.5 Å². The minimum Gasteiger partial charge on any atom is -0.497 e. The van der Waals surface area contributed by atoms with E-state index in [-0.39, 0.29) is 5.92 Å². The molecule has 21 heavy (non-hydrogen) atoms. The van der Waals surface area contributed by atoms with Crippen molar-refractivity contribution in [1.29, 1.82) is 0 Å². The van der Waals surface area contributed by atoms with Crippen molar-refractivity contribution in [2.45, 2.75) is 19.4 Å². The molecule has 0 radical (unpaired) electrons. The number of aliphatic hydroxyl groups is 1. The van der Waals surface area contributed by atoms with Gasteiger partial charge >= 0.3 is 0 Å². The molecule has 0 aliphatic heterocycles. The van der Waals surface area contributed by atoms with Crippen molar-refractivity contribution >= 4 is 0 Å². The molecule has 2 aromatic rings. The van der Waals surface area contributed by atoms with Crippen molar-refractivity contribution in [3.05, 3.63) is 59.7 Å². The number of rotatable bonds is 5. The Bertz CT molecular complexity index is 523. The molecule has 0 aliphatic rings. The van der Waals surface area contributed by atoms with Gasteiger partial charge in [-0.1, -0.05) is 38.1 Å². The van der Waals surface area contributed by atoms with Crippen LogP contribution in [-0.4, -0.2) is 19.3 Å². The van der Waals surface area contributed by atoms with Gasteiger partial charge in [-0.05, 0) is 41.3 Å². The Balaban J connectivity index is 2.47. The molecule has 0 aliphatic carbocycles. The average molecular weight is 286 g/mol. The van der Waals surface area contributed by atoms with Crippen LogP contribution in [0, 0.1) is 5.92 Å². The van der Waals surface area contributed by atoms with E-state index < -0.39 is 5.60 Å². The Morgan fingerprint density at radius 2 is 1.10 bits per heavy atom. The van der Waals surface area contributed by atoms with Gasteiger partial charge in [-0.15, -0.1) is 0 Å². The summed E-state index contributed by atoms with van der Waals surface area (Å²) in [6.07, 6.45) is 0. The number of benzene rings is 2. The second kappa shape index (κ2) is 6.19. The highest BCUT2D eigenvalue weighted by molar-refractivity contribution is 5.41. The SMILES string of the molecule is COc1ccc(C(O)(c2ccc(OC)cc2)C(C)C)cc1. The molecule has 0 bridgehead atoms. The van der Waals surface area contributed by atoms with Crippen molar-refractivity contribution in [3.8, 4) is 11.5 Å². The van der Waals surface area contributed by atoms with E-state index in [9.17, 15) is 5.11 Å². The van der Waals surface area contributed by atoms with Crippen molar-refractivity contribution in [2.75, 3.05) is 14.2 Å². The molecule has 0 unspecified atom stereocenters. The Labute approximate surface area is 126 Å². The lowest BCUT2D eigenvalue weighted by molar-refractivity contribution is 0.0317. The molecule has 0 spiro atoms. The van der Waals surface area contributed by atoms with E-state index in [1.165, 1.54) is 0 Å². The third-order valence-electron chi connectivity index (χ3n) is 3.90. The van der Waals surface area contributed by atoms with Crippen molar-refractivity contribution < 1.29 is 14.6 Å². The minimum atomic E-state index is -1.04. The molecule has 0 amide bonds. The monoisotopic (exact) mass is 286 g/mol. The standard InChI is InChI=1S/C18H22O3/c1-13(2)18(19,14-5-9-16(20-3)10-6-14)15-7-11-17(21-4)12-8-15/h5-13,19H,1-4H3. The summed E-state index contributed by atoms with van der Waals surface area (Å²) in [5, 5.41) is 11.3. The normalized spacial score (nSPS) is 11.5. The van der Waals surface area contributed by atoms with Gasteiger partial charge in [-0.25, -0.2) is 0 Å². The van der Waals surface area contributed by atoms with Gasteiger partial charge in [0.25, 0.3) is 0 Å². The lowest BCUT2D eigenvalue weighted by Gasteiger charge is -2.33. The van der Waals surface area contributed by atoms with E-state index in [1.807, 2.05) is 62.4 Å². The molecule has 0 saturated carbocycles. The maximum absolute atomic E-state index is 11.3. The molecule has 3 heteroatoms. The van der Waals surface area contributed by atoms with Crippen molar-refractivity contribution in [3.63, 3.8) is 0 Å². The molecule has 0 saturated heterocycles. The van der Waals surface area contributed by atoms with E-state index in [0.29, 0.717) is 0 Å². The van der Waals surface area contributed by atoms with Gasteiger partial charge in [0, 0.05) is 0 Å². The second-order valence-corrected chi connectivity index (χ2v) is 5.38. The topological polar surface area (TPSA) is 38.7 Å². The molecule has 0 atom stereocenters. The van der Waals surface area contributed by atoms with Gasteiger partial charge in [0.2, 0.25) is 0 Å². The summed E-state index contributed by atoms with van der Waals surface area (Å²) in [4.78, 5) is 0. The summed E-state index contributed by atoms with van der Waals surface area (Å²) in [6.45, 7) is 4.02. The Morgan fingerprint density at radius 1 is 0.762 bits per heavy atom. The largest absolute Gasteiger partial charge is 0.497 e. The van der Waals surface area contributed by atoms with E-state index >= 15 is 0 Å². The fourth-order valence-corrected chi connectivity index (χ4v) is 2.52. The molecule has 2 rings (SSSR count). The van der Waals surface area contributed by atoms with Crippen LogP contribution in [0.25, 0.3) is 0 Å². The van der Waals surface area contributed by atoms with E-state index in [1.54, 1.807) is 14.2 Å². The van der Waals surface area contributed by atoms with Crippen LogP contribution in [0.3, 0.4) is 0 Å². The molecule has 0 fully saturated rings. The van der Waals surface area contributed by atoms with Gasteiger partial charge in [0.15, 0.2) is 0 Å². The molecule has 3 nitrogen and oxygen atoms in total. The fraction of sp³-hybridized carbons (Fsp3) is 0.333. The maximum atomic E-state index is 11.3. The smallest absolute Gasteiger partial charge is 0.118 e. The third-order valence-corrected chi connectivity index (χ3v) is 3.90. The number of ether oxygens (including phenoxy) is 2. The molecule has 0 heterocycles. The van der Waals surface area contributed by atoms with Crippen LogP contribution >= 0.6 is 0 Å². The molecule has 112 valence electrons. The zero-order valence-electron chi connectivity index (χ0n) is 13.0. The first-order valence-electron chi connectivity index (χ1n) is 7.03. The summed E-state index contributed by atoms with van der Waals surface area (Å²) < 4.78 is 10.4. The zero-order valence-corrected chi connectivity index (χ0v) is 13.0. The Hall–Kier alpha value is -2.00. The van der Waals surface area contributed by atoms with Gasteiger partial charge < -0.3 is 14.6 Å². The van der Waals surface area contributed by atoms with E-state index in [4.69, 9.17) is 9.47 Å². The highest BCUT2D eigenvalue weighted by Crippen LogP contribution is 2.37. The van der Waals surface area contributed by atoms with Gasteiger partial charge in [0.1, 0.15) is 17.1 Å². The van der Waals surface area contributed by atoms with Crippen molar-refractivity contribution in [1.82, 2.24) is 0 Å². The summed E-state index contributed by atoms with van der Waals surface area (Å²) in [5.41, 5.74) is 0.658. The van der Waals surface area contributed by atoms with Crippen LogP contribution < -0.4 is 9.47 Å². The highest BCUT2D eigenvalue weighted by atomic mass is 16.5. The first kappa shape index (κ1) is 15.4. The predicted molar refractivity (Wildman–Crippen MR) is 83.8 cm³/mol. The molecular formula is C18H22O3. The quantitative estimate of drug-likeness (QED) is 0.912. The molecule has 1 N–H and O–H groups in total. The van der Waals surface area contributed by atoms with Gasteiger partial charge in [-0.2, -0.15) is 0 Å². The van der Waals surface area contributed by atoms with E-state index in [0.717, 1.165) is 22.6 Å².